The number of nitrogens with one attached hydrogen (secondary N) is 2. The number of likely N-dealkylation sites (N-methyl/N-ethyl adjacent to an activating group) is 1. The Morgan fingerprint density at radius 2 is 2.42 bits per heavy atom. The van der Waals surface area contributed by atoms with Gasteiger partial charge in [-0.2, -0.15) is 0 Å². The molecule has 0 aromatic heterocycles. The third kappa shape index (κ3) is 3.52. The molecule has 0 bridgehead atoms. The Bertz CT molecular complexity index is 116. The number of hydrogen-bond acceptors (Lipinski definition) is 3. The first-order valence-corrected chi connectivity index (χ1v) is 4.95. The average Bonchev–Trinajstić information content (AvgIpc) is 2.05. The molecule has 12 heavy (non-hydrogen) atoms. The van der Waals surface area contributed by atoms with Crippen LogP contribution in [0.5, 0.6) is 0 Å². The van der Waals surface area contributed by atoms with Crippen molar-refractivity contribution < 1.29 is 0 Å². The zero-order valence-corrected chi connectivity index (χ0v) is 8.27. The van der Waals surface area contributed by atoms with Crippen molar-refractivity contribution in [1.29, 1.82) is 0 Å². The Kier molecular flexibility index (Phi) is 4.58. The Labute approximate surface area is 75.5 Å². The predicted molar refractivity (Wildman–Crippen MR) is 52.4 cm³/mol. The van der Waals surface area contributed by atoms with Gasteiger partial charge < -0.3 is 15.5 Å². The van der Waals surface area contributed by atoms with Gasteiger partial charge in [-0.05, 0) is 26.6 Å². The summed E-state index contributed by atoms with van der Waals surface area (Å²) < 4.78 is 0. The molecule has 1 rings (SSSR count). The molecular formula is C9H21N3. The third-order valence-corrected chi connectivity index (χ3v) is 2.38. The second-order valence-corrected chi connectivity index (χ2v) is 3.56. The zero-order valence-electron chi connectivity index (χ0n) is 8.27. The number of rotatable bonds is 4. The minimum atomic E-state index is 0.697. The molecule has 1 atom stereocenters. The maximum atomic E-state index is 3.53. The van der Waals surface area contributed by atoms with Gasteiger partial charge in [-0.1, -0.05) is 6.92 Å². The van der Waals surface area contributed by atoms with Gasteiger partial charge in [0.1, 0.15) is 0 Å². The van der Waals surface area contributed by atoms with Crippen molar-refractivity contribution in [2.45, 2.75) is 19.4 Å². The van der Waals surface area contributed by atoms with Crippen LogP contribution in [0.4, 0.5) is 0 Å². The van der Waals surface area contributed by atoms with Gasteiger partial charge in [0, 0.05) is 25.7 Å². The highest BCUT2D eigenvalue weighted by molar-refractivity contribution is 4.76. The lowest BCUT2D eigenvalue weighted by Gasteiger charge is -2.30. The van der Waals surface area contributed by atoms with Crippen LogP contribution in [-0.4, -0.2) is 50.7 Å². The predicted octanol–water partition coefficient (Wildman–Crippen LogP) is -0.110. The van der Waals surface area contributed by atoms with Crippen molar-refractivity contribution in [3.8, 4) is 0 Å². The van der Waals surface area contributed by atoms with Gasteiger partial charge in [0.05, 0.1) is 0 Å². The lowest BCUT2D eigenvalue weighted by molar-refractivity contribution is 0.231. The van der Waals surface area contributed by atoms with Crippen molar-refractivity contribution in [2.24, 2.45) is 0 Å². The summed E-state index contributed by atoms with van der Waals surface area (Å²) in [5, 5.41) is 6.88. The summed E-state index contributed by atoms with van der Waals surface area (Å²) in [4.78, 5) is 2.40. The summed E-state index contributed by atoms with van der Waals surface area (Å²) in [6, 6.07) is 0.697. The topological polar surface area (TPSA) is 27.3 Å². The third-order valence-electron chi connectivity index (χ3n) is 2.38. The molecule has 3 nitrogen and oxygen atoms in total. The van der Waals surface area contributed by atoms with Gasteiger partial charge in [-0.25, -0.2) is 0 Å². The van der Waals surface area contributed by atoms with Gasteiger partial charge in [0.2, 0.25) is 0 Å². The maximum absolute atomic E-state index is 3.53. The van der Waals surface area contributed by atoms with Gasteiger partial charge in [0.15, 0.2) is 0 Å². The highest BCUT2D eigenvalue weighted by Crippen LogP contribution is 1.98. The van der Waals surface area contributed by atoms with E-state index in [0.717, 1.165) is 19.6 Å². The van der Waals surface area contributed by atoms with E-state index in [0.29, 0.717) is 6.04 Å². The summed E-state index contributed by atoms with van der Waals surface area (Å²) in [5.41, 5.74) is 0. The van der Waals surface area contributed by atoms with E-state index < -0.39 is 0 Å². The lowest BCUT2D eigenvalue weighted by atomic mass is 10.1. The van der Waals surface area contributed by atoms with Gasteiger partial charge >= 0.3 is 0 Å². The molecule has 0 radical (unpaired) electrons. The maximum Gasteiger partial charge on any atom is 0.0207 e. The minimum Gasteiger partial charge on any atom is -0.317 e. The summed E-state index contributed by atoms with van der Waals surface area (Å²) in [5.74, 6) is 0. The van der Waals surface area contributed by atoms with Gasteiger partial charge in [-0.15, -0.1) is 0 Å². The van der Waals surface area contributed by atoms with E-state index in [1.807, 2.05) is 0 Å². The summed E-state index contributed by atoms with van der Waals surface area (Å²) in [6.07, 6.45) is 1.25. The van der Waals surface area contributed by atoms with Crippen molar-refractivity contribution >= 4 is 0 Å². The Hall–Kier alpha value is -0.120. The Morgan fingerprint density at radius 1 is 1.58 bits per heavy atom. The fraction of sp³-hybridized carbons (Fsp3) is 1.00. The van der Waals surface area contributed by atoms with Crippen molar-refractivity contribution in [1.82, 2.24) is 15.5 Å². The molecule has 1 heterocycles. The van der Waals surface area contributed by atoms with E-state index in [4.69, 9.17) is 0 Å². The molecule has 0 amide bonds. The van der Waals surface area contributed by atoms with Crippen LogP contribution in [0.2, 0.25) is 0 Å². The number of hydrogen-bond donors (Lipinski definition) is 2. The number of nitrogens with zero attached hydrogens (tertiary/aromatic N) is 1. The van der Waals surface area contributed by atoms with E-state index in [2.05, 4.69) is 29.5 Å². The Balaban J connectivity index is 2.06. The summed E-state index contributed by atoms with van der Waals surface area (Å²) >= 11 is 0. The molecule has 0 aromatic carbocycles. The average molecular weight is 171 g/mol. The van der Waals surface area contributed by atoms with Crippen LogP contribution in [0.3, 0.4) is 0 Å². The molecule has 1 aliphatic rings. The van der Waals surface area contributed by atoms with E-state index in [-0.39, 0.29) is 0 Å². The monoisotopic (exact) mass is 171 g/mol. The normalized spacial score (nSPS) is 26.0. The summed E-state index contributed by atoms with van der Waals surface area (Å²) in [6.45, 7) is 7.92. The smallest absolute Gasteiger partial charge is 0.0207 e. The first-order chi connectivity index (χ1) is 5.83. The molecule has 72 valence electrons. The zero-order chi connectivity index (χ0) is 8.81. The molecule has 1 aliphatic heterocycles. The van der Waals surface area contributed by atoms with E-state index in [1.54, 1.807) is 0 Å². The molecule has 2 N–H and O–H groups in total. The first-order valence-electron chi connectivity index (χ1n) is 4.95. The van der Waals surface area contributed by atoms with Gasteiger partial charge in [0.25, 0.3) is 0 Å². The Morgan fingerprint density at radius 3 is 3.08 bits per heavy atom. The van der Waals surface area contributed by atoms with E-state index in [1.165, 1.54) is 19.5 Å². The van der Waals surface area contributed by atoms with Crippen molar-refractivity contribution in [3.05, 3.63) is 0 Å². The standard InChI is InChI=1S/C9H21N3/c1-3-10-5-4-9-8-12(2)7-6-11-9/h9-11H,3-8H2,1-2H3/t9-/m0/s1. The number of piperazine rings is 1. The quantitative estimate of drug-likeness (QED) is 0.578. The first kappa shape index (κ1) is 9.96. The molecule has 0 spiro atoms. The highest BCUT2D eigenvalue weighted by atomic mass is 15.2. The summed E-state index contributed by atoms with van der Waals surface area (Å²) in [7, 11) is 2.20. The lowest BCUT2D eigenvalue weighted by Crippen LogP contribution is -2.49. The highest BCUT2D eigenvalue weighted by Gasteiger charge is 2.14. The van der Waals surface area contributed by atoms with Crippen molar-refractivity contribution in [2.75, 3.05) is 39.8 Å². The molecule has 0 aromatic rings. The van der Waals surface area contributed by atoms with E-state index >= 15 is 0 Å². The molecule has 1 fully saturated rings. The van der Waals surface area contributed by atoms with E-state index in [9.17, 15) is 0 Å². The molecule has 0 unspecified atom stereocenters. The fourth-order valence-electron chi connectivity index (χ4n) is 1.64. The molecule has 1 saturated heterocycles. The second-order valence-electron chi connectivity index (χ2n) is 3.56. The van der Waals surface area contributed by atoms with Crippen LogP contribution in [0.1, 0.15) is 13.3 Å². The van der Waals surface area contributed by atoms with Crippen LogP contribution >= 0.6 is 0 Å². The van der Waals surface area contributed by atoms with Crippen LogP contribution in [0.15, 0.2) is 0 Å². The SMILES string of the molecule is CCNCC[C@H]1CN(C)CCN1. The van der Waals surface area contributed by atoms with Crippen LogP contribution < -0.4 is 10.6 Å². The fourth-order valence-corrected chi connectivity index (χ4v) is 1.64. The molecule has 0 saturated carbocycles. The van der Waals surface area contributed by atoms with Gasteiger partial charge in [-0.3, -0.25) is 0 Å². The largest absolute Gasteiger partial charge is 0.317 e. The second kappa shape index (κ2) is 5.51. The van der Waals surface area contributed by atoms with Crippen LogP contribution in [0.25, 0.3) is 0 Å². The van der Waals surface area contributed by atoms with Crippen LogP contribution in [0, 0.1) is 0 Å². The molecule has 0 aliphatic carbocycles. The molecule has 3 heteroatoms. The molecular weight excluding hydrogens is 150 g/mol. The van der Waals surface area contributed by atoms with Crippen molar-refractivity contribution in [3.63, 3.8) is 0 Å². The minimum absolute atomic E-state index is 0.697. The van der Waals surface area contributed by atoms with Crippen LogP contribution in [-0.2, 0) is 0 Å².